The third-order valence-corrected chi connectivity index (χ3v) is 6.33. The van der Waals surface area contributed by atoms with Crippen molar-refractivity contribution in [1.29, 1.82) is 5.26 Å². The van der Waals surface area contributed by atoms with Crippen LogP contribution < -0.4 is 10.2 Å². The third-order valence-electron chi connectivity index (χ3n) is 6.33. The first-order valence-electron chi connectivity index (χ1n) is 10.7. The number of nitrogens with one attached hydrogen (secondary N) is 1. The monoisotopic (exact) mass is 417 g/mol. The van der Waals surface area contributed by atoms with E-state index in [1.807, 2.05) is 42.2 Å². The van der Waals surface area contributed by atoms with Gasteiger partial charge in [-0.25, -0.2) is 0 Å². The SMILES string of the molecule is Cn1ncc2cc(CN(CCC3OCC4(CNC4)CO3)c3ccc(C#N)cc3)ccc21. The fourth-order valence-electron chi connectivity index (χ4n) is 4.32. The zero-order valence-electron chi connectivity index (χ0n) is 17.8. The predicted octanol–water partition coefficient (Wildman–Crippen LogP) is 2.80. The number of nitriles is 1. The van der Waals surface area contributed by atoms with Crippen LogP contribution in [-0.4, -0.2) is 48.9 Å². The lowest BCUT2D eigenvalue weighted by Crippen LogP contribution is -2.61. The maximum absolute atomic E-state index is 9.14. The first kappa shape index (κ1) is 20.0. The molecule has 5 rings (SSSR count). The van der Waals surface area contributed by atoms with Gasteiger partial charge in [0, 0.05) is 56.1 Å². The van der Waals surface area contributed by atoms with Crippen LogP contribution in [0.2, 0.25) is 0 Å². The van der Waals surface area contributed by atoms with Gasteiger partial charge in [-0.2, -0.15) is 10.4 Å². The van der Waals surface area contributed by atoms with Crippen molar-refractivity contribution in [1.82, 2.24) is 15.1 Å². The lowest BCUT2D eigenvalue weighted by molar-refractivity contribution is -0.239. The van der Waals surface area contributed by atoms with Gasteiger partial charge in [0.2, 0.25) is 0 Å². The molecule has 7 nitrogen and oxygen atoms in total. The van der Waals surface area contributed by atoms with Crippen LogP contribution in [0.3, 0.4) is 0 Å². The molecule has 0 bridgehead atoms. The molecular weight excluding hydrogens is 390 g/mol. The van der Waals surface area contributed by atoms with Crippen molar-refractivity contribution in [2.24, 2.45) is 12.5 Å². The Labute approximate surface area is 182 Å². The second kappa shape index (κ2) is 8.31. The van der Waals surface area contributed by atoms with Crippen LogP contribution in [0.4, 0.5) is 5.69 Å². The van der Waals surface area contributed by atoms with Crippen LogP contribution >= 0.6 is 0 Å². The molecule has 1 N–H and O–H groups in total. The van der Waals surface area contributed by atoms with Crippen LogP contribution in [0.5, 0.6) is 0 Å². The van der Waals surface area contributed by atoms with Gasteiger partial charge in [0.05, 0.1) is 36.6 Å². The number of ether oxygens (including phenoxy) is 2. The minimum Gasteiger partial charge on any atom is -0.367 e. The summed E-state index contributed by atoms with van der Waals surface area (Å²) in [6, 6.07) is 16.4. The highest BCUT2D eigenvalue weighted by atomic mass is 16.7. The highest BCUT2D eigenvalue weighted by Crippen LogP contribution is 2.30. The van der Waals surface area contributed by atoms with E-state index in [1.165, 1.54) is 5.56 Å². The number of nitrogens with zero attached hydrogens (tertiary/aromatic N) is 4. The van der Waals surface area contributed by atoms with E-state index < -0.39 is 0 Å². The summed E-state index contributed by atoms with van der Waals surface area (Å²) in [4.78, 5) is 2.32. The van der Waals surface area contributed by atoms with E-state index in [0.717, 1.165) is 62.4 Å². The Bertz CT molecular complexity index is 1090. The summed E-state index contributed by atoms with van der Waals surface area (Å²) >= 11 is 0. The van der Waals surface area contributed by atoms with Crippen LogP contribution in [0.15, 0.2) is 48.7 Å². The molecule has 2 aromatic carbocycles. The summed E-state index contributed by atoms with van der Waals surface area (Å²) < 4.78 is 13.9. The maximum atomic E-state index is 9.14. The molecule has 1 spiro atoms. The molecule has 2 fully saturated rings. The molecule has 2 aliphatic rings. The number of aryl methyl sites for hydroxylation is 1. The van der Waals surface area contributed by atoms with Crippen LogP contribution in [0.1, 0.15) is 17.5 Å². The average molecular weight is 418 g/mol. The summed E-state index contributed by atoms with van der Waals surface area (Å²) in [7, 11) is 1.96. The van der Waals surface area contributed by atoms with Gasteiger partial charge < -0.3 is 19.7 Å². The van der Waals surface area contributed by atoms with Gasteiger partial charge in [0.15, 0.2) is 6.29 Å². The number of hydrogen-bond donors (Lipinski definition) is 1. The number of hydrogen-bond acceptors (Lipinski definition) is 6. The number of anilines is 1. The zero-order valence-corrected chi connectivity index (χ0v) is 17.8. The molecule has 160 valence electrons. The fourth-order valence-corrected chi connectivity index (χ4v) is 4.32. The van der Waals surface area contributed by atoms with Crippen molar-refractivity contribution < 1.29 is 9.47 Å². The predicted molar refractivity (Wildman–Crippen MR) is 119 cm³/mol. The average Bonchev–Trinajstić information content (AvgIpc) is 3.16. The van der Waals surface area contributed by atoms with E-state index in [2.05, 4.69) is 39.6 Å². The largest absolute Gasteiger partial charge is 0.367 e. The summed E-state index contributed by atoms with van der Waals surface area (Å²) in [6.07, 6.45) is 2.52. The van der Waals surface area contributed by atoms with Gasteiger partial charge in [-0.05, 0) is 42.0 Å². The van der Waals surface area contributed by atoms with Crippen molar-refractivity contribution in [3.05, 3.63) is 59.8 Å². The quantitative estimate of drug-likeness (QED) is 0.665. The topological polar surface area (TPSA) is 75.3 Å². The number of benzene rings is 2. The molecule has 0 radical (unpaired) electrons. The number of fused-ring (bicyclic) bond motifs is 1. The van der Waals surface area contributed by atoms with E-state index in [4.69, 9.17) is 14.7 Å². The number of rotatable bonds is 6. The molecule has 1 aromatic heterocycles. The van der Waals surface area contributed by atoms with Crippen molar-refractivity contribution in [2.45, 2.75) is 19.3 Å². The Morgan fingerprint density at radius 2 is 1.97 bits per heavy atom. The van der Waals surface area contributed by atoms with Crippen LogP contribution in [0, 0.1) is 16.7 Å². The molecule has 0 unspecified atom stereocenters. The fraction of sp³-hybridized carbons (Fsp3) is 0.417. The summed E-state index contributed by atoms with van der Waals surface area (Å²) in [6.45, 7) is 5.05. The highest BCUT2D eigenvalue weighted by molar-refractivity contribution is 5.79. The Morgan fingerprint density at radius 1 is 1.19 bits per heavy atom. The standard InChI is InChI=1S/C24H27N5O2/c1-28-22-7-4-19(10-20(22)12-27-28)13-29(21-5-2-18(11-25)3-6-21)9-8-23-30-16-24(17-31-23)14-26-15-24/h2-7,10,12,23,26H,8-9,13-17H2,1H3. The molecule has 2 saturated heterocycles. The highest BCUT2D eigenvalue weighted by Gasteiger charge is 2.41. The Morgan fingerprint density at radius 3 is 2.65 bits per heavy atom. The van der Waals surface area contributed by atoms with Gasteiger partial charge >= 0.3 is 0 Å². The van der Waals surface area contributed by atoms with Gasteiger partial charge in [-0.15, -0.1) is 0 Å². The van der Waals surface area contributed by atoms with Crippen molar-refractivity contribution in [3.8, 4) is 6.07 Å². The number of aromatic nitrogens is 2. The summed E-state index contributed by atoms with van der Waals surface area (Å²) in [5.74, 6) is 0. The zero-order chi connectivity index (χ0) is 21.3. The normalized spacial score (nSPS) is 18.1. The summed E-state index contributed by atoms with van der Waals surface area (Å²) in [5, 5.41) is 17.9. The molecule has 0 aliphatic carbocycles. The van der Waals surface area contributed by atoms with E-state index >= 15 is 0 Å². The smallest absolute Gasteiger partial charge is 0.159 e. The maximum Gasteiger partial charge on any atom is 0.159 e. The summed E-state index contributed by atoms with van der Waals surface area (Å²) in [5.41, 5.74) is 4.27. The minimum absolute atomic E-state index is 0.173. The first-order valence-corrected chi connectivity index (χ1v) is 10.7. The molecule has 31 heavy (non-hydrogen) atoms. The van der Waals surface area contributed by atoms with Crippen LogP contribution in [-0.2, 0) is 23.1 Å². The van der Waals surface area contributed by atoms with E-state index in [-0.39, 0.29) is 11.7 Å². The second-order valence-electron chi connectivity index (χ2n) is 8.69. The van der Waals surface area contributed by atoms with Gasteiger partial charge in [-0.1, -0.05) is 6.07 Å². The molecule has 3 heterocycles. The molecule has 0 amide bonds. The minimum atomic E-state index is -0.173. The van der Waals surface area contributed by atoms with E-state index in [0.29, 0.717) is 5.56 Å². The Kier molecular flexibility index (Phi) is 5.36. The van der Waals surface area contributed by atoms with Gasteiger partial charge in [0.25, 0.3) is 0 Å². The van der Waals surface area contributed by atoms with E-state index in [9.17, 15) is 0 Å². The van der Waals surface area contributed by atoms with Gasteiger partial charge in [-0.3, -0.25) is 4.68 Å². The lowest BCUT2D eigenvalue weighted by atomic mass is 9.83. The molecule has 3 aromatic rings. The third kappa shape index (κ3) is 4.15. The second-order valence-corrected chi connectivity index (χ2v) is 8.69. The lowest BCUT2D eigenvalue weighted by Gasteiger charge is -2.46. The van der Waals surface area contributed by atoms with Crippen molar-refractivity contribution in [3.63, 3.8) is 0 Å². The van der Waals surface area contributed by atoms with Crippen molar-refractivity contribution in [2.75, 3.05) is 37.7 Å². The molecule has 2 aliphatic heterocycles. The van der Waals surface area contributed by atoms with Crippen molar-refractivity contribution >= 4 is 16.6 Å². The molecule has 0 saturated carbocycles. The van der Waals surface area contributed by atoms with Crippen LogP contribution in [0.25, 0.3) is 10.9 Å². The van der Waals surface area contributed by atoms with Gasteiger partial charge in [0.1, 0.15) is 0 Å². The Hall–Kier alpha value is -2.92. The molecule has 7 heteroatoms. The Balaban J connectivity index is 1.30. The first-order chi connectivity index (χ1) is 15.1. The van der Waals surface area contributed by atoms with E-state index in [1.54, 1.807) is 0 Å². The molecule has 0 atom stereocenters. The molecular formula is C24H27N5O2.